The second-order valence-electron chi connectivity index (χ2n) is 5.46. The Balaban J connectivity index is 1.90. The topological polar surface area (TPSA) is 49.3 Å². The Bertz CT molecular complexity index is 455. The molecule has 2 N–H and O–H groups in total. The average molecular weight is 313 g/mol. The first-order chi connectivity index (χ1) is 9.50. The number of hydrogen-bond donors (Lipinski definition) is 2. The van der Waals surface area contributed by atoms with Crippen molar-refractivity contribution in [1.29, 1.82) is 0 Å². The van der Waals surface area contributed by atoms with Crippen LogP contribution < -0.4 is 5.32 Å². The van der Waals surface area contributed by atoms with Gasteiger partial charge in [-0.1, -0.05) is 12.1 Å². The lowest BCUT2D eigenvalue weighted by molar-refractivity contribution is 0.0300. The molecule has 1 aliphatic heterocycles. The van der Waals surface area contributed by atoms with Crippen molar-refractivity contribution in [2.45, 2.75) is 36.3 Å². The molecule has 0 radical (unpaired) electrons. The Kier molecular flexibility index (Phi) is 5.66. The van der Waals surface area contributed by atoms with Crippen molar-refractivity contribution in [3.05, 3.63) is 29.8 Å². The molecule has 1 aromatic carbocycles. The molecule has 0 amide bonds. The third kappa shape index (κ3) is 4.32. The number of aliphatic hydroxyl groups is 1. The zero-order valence-corrected chi connectivity index (χ0v) is 13.7. The molecule has 1 fully saturated rings. The molecule has 0 bridgehead atoms. The van der Waals surface area contributed by atoms with E-state index in [-0.39, 0.29) is 6.04 Å². The van der Waals surface area contributed by atoms with Gasteiger partial charge >= 0.3 is 0 Å². The van der Waals surface area contributed by atoms with Crippen LogP contribution in [-0.4, -0.2) is 39.2 Å². The van der Waals surface area contributed by atoms with Crippen LogP contribution in [0.4, 0.5) is 0 Å². The quantitative estimate of drug-likeness (QED) is 0.876. The van der Waals surface area contributed by atoms with Crippen molar-refractivity contribution in [1.82, 2.24) is 5.32 Å². The minimum atomic E-state index is -0.928. The van der Waals surface area contributed by atoms with Crippen molar-refractivity contribution < 1.29 is 9.32 Å². The smallest absolute Gasteiger partial charge is 0.0787 e. The molecule has 0 spiro atoms. The fraction of sp³-hybridized carbons (Fsp3) is 0.600. The molecule has 1 aliphatic rings. The highest BCUT2D eigenvalue weighted by atomic mass is 32.2. The van der Waals surface area contributed by atoms with E-state index < -0.39 is 16.4 Å². The molecule has 3 nitrogen and oxygen atoms in total. The summed E-state index contributed by atoms with van der Waals surface area (Å²) in [6.45, 7) is 2.73. The summed E-state index contributed by atoms with van der Waals surface area (Å²) in [7, 11) is -0.928. The number of hydrogen-bond acceptors (Lipinski definition) is 4. The fourth-order valence-electron chi connectivity index (χ4n) is 2.34. The third-order valence-corrected chi connectivity index (χ3v) is 5.79. The van der Waals surface area contributed by atoms with Crippen molar-refractivity contribution in [2.24, 2.45) is 0 Å². The molecule has 20 heavy (non-hydrogen) atoms. The number of thioether (sulfide) groups is 1. The largest absolute Gasteiger partial charge is 0.389 e. The number of nitrogens with one attached hydrogen (secondary N) is 1. The molecule has 2 atom stereocenters. The summed E-state index contributed by atoms with van der Waals surface area (Å²) in [6.07, 6.45) is 3.42. The zero-order chi connectivity index (χ0) is 14.6. The second-order valence-corrected chi connectivity index (χ2v) is 8.07. The molecule has 0 unspecified atom stereocenters. The highest BCUT2D eigenvalue weighted by Gasteiger charge is 2.29. The maximum Gasteiger partial charge on any atom is 0.0787 e. The molecule has 0 aliphatic carbocycles. The Morgan fingerprint density at radius 3 is 2.50 bits per heavy atom. The predicted octanol–water partition coefficient (Wildman–Crippen LogP) is 2.33. The highest BCUT2D eigenvalue weighted by Crippen LogP contribution is 2.27. The Labute approximate surface area is 128 Å². The van der Waals surface area contributed by atoms with E-state index in [9.17, 15) is 9.32 Å². The van der Waals surface area contributed by atoms with Gasteiger partial charge in [-0.15, -0.1) is 0 Å². The van der Waals surface area contributed by atoms with Gasteiger partial charge in [0.1, 0.15) is 0 Å². The van der Waals surface area contributed by atoms with Gasteiger partial charge in [0.2, 0.25) is 0 Å². The van der Waals surface area contributed by atoms with Crippen LogP contribution in [0.25, 0.3) is 0 Å². The van der Waals surface area contributed by atoms with Crippen LogP contribution in [-0.2, 0) is 10.8 Å². The molecule has 5 heteroatoms. The Hall–Kier alpha value is -0.360. The van der Waals surface area contributed by atoms with Crippen LogP contribution >= 0.6 is 11.8 Å². The van der Waals surface area contributed by atoms with Crippen molar-refractivity contribution >= 4 is 22.6 Å². The Morgan fingerprint density at radius 2 is 1.95 bits per heavy atom. The monoisotopic (exact) mass is 313 g/mol. The lowest BCUT2D eigenvalue weighted by atomic mass is 9.96. The molecule has 0 aromatic heterocycles. The van der Waals surface area contributed by atoms with Crippen molar-refractivity contribution in [3.8, 4) is 0 Å². The fourth-order valence-corrected chi connectivity index (χ4v) is 4.11. The predicted molar refractivity (Wildman–Crippen MR) is 86.7 cm³/mol. The zero-order valence-electron chi connectivity index (χ0n) is 12.1. The summed E-state index contributed by atoms with van der Waals surface area (Å²) < 4.78 is 11.4. The van der Waals surface area contributed by atoms with Gasteiger partial charge in [0.25, 0.3) is 0 Å². The summed E-state index contributed by atoms with van der Waals surface area (Å²) in [5.74, 6) is 2.09. The number of rotatable bonds is 5. The minimum absolute atomic E-state index is 0.188. The first-order valence-corrected chi connectivity index (χ1v) is 9.68. The standard InChI is InChI=1S/C15H23NO2S2/c1-12(13-3-5-14(6-4-13)20(2)18)16-11-15(17)7-9-19-10-8-15/h3-6,12,16-17H,7-11H2,1-2H3/t12-,20+/m1/s1. The van der Waals surface area contributed by atoms with Gasteiger partial charge in [-0.3, -0.25) is 4.21 Å². The van der Waals surface area contributed by atoms with Crippen LogP contribution in [0.15, 0.2) is 29.2 Å². The van der Waals surface area contributed by atoms with E-state index in [1.54, 1.807) is 6.26 Å². The molecular weight excluding hydrogens is 290 g/mol. The molecular formula is C15H23NO2S2. The van der Waals surface area contributed by atoms with E-state index in [4.69, 9.17) is 0 Å². The second kappa shape index (κ2) is 7.07. The lowest BCUT2D eigenvalue weighted by Crippen LogP contribution is -2.44. The van der Waals surface area contributed by atoms with E-state index in [1.165, 1.54) is 0 Å². The summed E-state index contributed by atoms with van der Waals surface area (Å²) >= 11 is 1.92. The summed E-state index contributed by atoms with van der Waals surface area (Å²) in [5, 5.41) is 13.9. The first kappa shape index (κ1) is 16.0. The average Bonchev–Trinajstić information content (AvgIpc) is 2.46. The summed E-state index contributed by atoms with van der Waals surface area (Å²) in [4.78, 5) is 0.851. The normalized spacial score (nSPS) is 21.4. The number of benzene rings is 1. The first-order valence-electron chi connectivity index (χ1n) is 6.97. The van der Waals surface area contributed by atoms with Gasteiger partial charge < -0.3 is 10.4 Å². The molecule has 0 saturated carbocycles. The van der Waals surface area contributed by atoms with E-state index in [0.29, 0.717) is 6.54 Å². The van der Waals surface area contributed by atoms with Gasteiger partial charge in [-0.2, -0.15) is 11.8 Å². The molecule has 1 saturated heterocycles. The Morgan fingerprint density at radius 1 is 1.35 bits per heavy atom. The van der Waals surface area contributed by atoms with E-state index in [1.807, 2.05) is 36.0 Å². The maximum absolute atomic E-state index is 11.4. The molecule has 1 aromatic rings. The third-order valence-electron chi connectivity index (χ3n) is 3.87. The van der Waals surface area contributed by atoms with Crippen LogP contribution in [0.3, 0.4) is 0 Å². The highest BCUT2D eigenvalue weighted by molar-refractivity contribution is 7.99. The molecule has 2 rings (SSSR count). The summed E-state index contributed by atoms with van der Waals surface area (Å²) in [6, 6.07) is 8.03. The van der Waals surface area contributed by atoms with E-state index in [0.717, 1.165) is 34.8 Å². The van der Waals surface area contributed by atoms with Crippen LogP contribution in [0.1, 0.15) is 31.4 Å². The van der Waals surface area contributed by atoms with Gasteiger partial charge in [-0.05, 0) is 49.0 Å². The minimum Gasteiger partial charge on any atom is -0.389 e. The molecule has 112 valence electrons. The van der Waals surface area contributed by atoms with E-state index in [2.05, 4.69) is 12.2 Å². The molecule has 1 heterocycles. The van der Waals surface area contributed by atoms with Crippen molar-refractivity contribution in [3.63, 3.8) is 0 Å². The lowest BCUT2D eigenvalue weighted by Gasteiger charge is -2.33. The maximum atomic E-state index is 11.4. The SMILES string of the molecule is C[C@@H](NCC1(O)CCSCC1)c1ccc([S@](C)=O)cc1. The van der Waals surface area contributed by atoms with Gasteiger partial charge in [0.05, 0.1) is 5.60 Å². The van der Waals surface area contributed by atoms with Gasteiger partial charge in [0, 0.05) is 34.5 Å². The van der Waals surface area contributed by atoms with Gasteiger partial charge in [-0.25, -0.2) is 0 Å². The summed E-state index contributed by atoms with van der Waals surface area (Å²) in [5.41, 5.74) is 0.609. The van der Waals surface area contributed by atoms with Crippen LogP contribution in [0.5, 0.6) is 0 Å². The van der Waals surface area contributed by atoms with Gasteiger partial charge in [0.15, 0.2) is 0 Å². The van der Waals surface area contributed by atoms with Crippen molar-refractivity contribution in [2.75, 3.05) is 24.3 Å². The van der Waals surface area contributed by atoms with Crippen LogP contribution in [0, 0.1) is 0 Å². The van der Waals surface area contributed by atoms with E-state index >= 15 is 0 Å². The van der Waals surface area contributed by atoms with Crippen LogP contribution in [0.2, 0.25) is 0 Å².